The standard InChI is InChI=1S/C18H11Cl4NO4/c1-8(7-9-5-3-2-4-6-9)18(26)27-23-16(24)10-11(17(23)25)13(20)15(22)14(21)12(10)19/h2-6,8H,7H2,1H3. The number of carbonyl (C=O) groups excluding carboxylic acids is 3. The van der Waals surface area contributed by atoms with Crippen LogP contribution in [0, 0.1) is 5.92 Å². The first kappa shape index (κ1) is 20.0. The quantitative estimate of drug-likeness (QED) is 0.366. The molecule has 3 rings (SSSR count). The fourth-order valence-corrected chi connectivity index (χ4v) is 3.66. The van der Waals surface area contributed by atoms with Crippen LogP contribution in [0.4, 0.5) is 0 Å². The number of hydrogen-bond donors (Lipinski definition) is 0. The number of hydrogen-bond acceptors (Lipinski definition) is 4. The van der Waals surface area contributed by atoms with Gasteiger partial charge in [-0.05, 0) is 12.0 Å². The van der Waals surface area contributed by atoms with Gasteiger partial charge < -0.3 is 4.84 Å². The van der Waals surface area contributed by atoms with E-state index in [9.17, 15) is 14.4 Å². The fraction of sp³-hybridized carbons (Fsp3) is 0.167. The van der Waals surface area contributed by atoms with Gasteiger partial charge in [0.2, 0.25) is 0 Å². The minimum absolute atomic E-state index is 0.158. The number of rotatable bonds is 4. The van der Waals surface area contributed by atoms with E-state index >= 15 is 0 Å². The largest absolute Gasteiger partial charge is 0.336 e. The highest BCUT2D eigenvalue weighted by Gasteiger charge is 2.44. The van der Waals surface area contributed by atoms with Gasteiger partial charge in [0.1, 0.15) is 0 Å². The number of nitrogens with zero attached hydrogens (tertiary/aromatic N) is 1. The summed E-state index contributed by atoms with van der Waals surface area (Å²) in [6.07, 6.45) is 0.377. The van der Waals surface area contributed by atoms with E-state index in [1.54, 1.807) is 6.92 Å². The first-order valence-corrected chi connectivity index (χ1v) is 9.25. The maximum atomic E-state index is 12.5. The molecule has 0 saturated heterocycles. The van der Waals surface area contributed by atoms with Crippen LogP contribution in [0.5, 0.6) is 0 Å². The van der Waals surface area contributed by atoms with Gasteiger partial charge in [-0.25, -0.2) is 4.79 Å². The van der Waals surface area contributed by atoms with E-state index in [2.05, 4.69) is 0 Å². The molecule has 5 nitrogen and oxygen atoms in total. The number of hydroxylamine groups is 2. The van der Waals surface area contributed by atoms with Crippen molar-refractivity contribution in [2.24, 2.45) is 5.92 Å². The molecule has 140 valence electrons. The second kappa shape index (κ2) is 7.68. The highest BCUT2D eigenvalue weighted by Crippen LogP contribution is 2.44. The van der Waals surface area contributed by atoms with E-state index in [4.69, 9.17) is 51.2 Å². The van der Waals surface area contributed by atoms with Gasteiger partial charge in [-0.1, -0.05) is 88.7 Å². The molecule has 2 amide bonds. The van der Waals surface area contributed by atoms with Crippen LogP contribution in [-0.4, -0.2) is 22.8 Å². The normalized spacial score (nSPS) is 14.3. The summed E-state index contributed by atoms with van der Waals surface area (Å²) in [4.78, 5) is 42.5. The summed E-state index contributed by atoms with van der Waals surface area (Å²) >= 11 is 23.9. The van der Waals surface area contributed by atoms with Crippen molar-refractivity contribution in [2.75, 3.05) is 0 Å². The van der Waals surface area contributed by atoms with Crippen LogP contribution in [0.3, 0.4) is 0 Å². The van der Waals surface area contributed by atoms with Crippen LogP contribution in [0.15, 0.2) is 30.3 Å². The molecule has 27 heavy (non-hydrogen) atoms. The lowest BCUT2D eigenvalue weighted by atomic mass is 10.0. The number of halogens is 4. The Bertz CT molecular complexity index is 915. The van der Waals surface area contributed by atoms with Crippen LogP contribution < -0.4 is 0 Å². The molecule has 0 aliphatic carbocycles. The second-order valence-electron chi connectivity index (χ2n) is 5.91. The Hall–Kier alpha value is -1.79. The van der Waals surface area contributed by atoms with Gasteiger partial charge in [-0.3, -0.25) is 9.59 Å². The molecule has 0 saturated carbocycles. The van der Waals surface area contributed by atoms with Crippen molar-refractivity contribution in [1.82, 2.24) is 5.06 Å². The van der Waals surface area contributed by atoms with Crippen molar-refractivity contribution in [3.8, 4) is 0 Å². The number of benzene rings is 2. The molecule has 1 atom stereocenters. The lowest BCUT2D eigenvalue weighted by molar-refractivity contribution is -0.173. The van der Waals surface area contributed by atoms with Crippen molar-refractivity contribution in [3.63, 3.8) is 0 Å². The van der Waals surface area contributed by atoms with Crippen LogP contribution in [0.2, 0.25) is 20.1 Å². The Morgan fingerprint density at radius 3 is 1.89 bits per heavy atom. The minimum Gasteiger partial charge on any atom is -0.329 e. The molecule has 0 fully saturated rings. The SMILES string of the molecule is CC(Cc1ccccc1)C(=O)ON1C(=O)c2c(Cl)c(Cl)c(Cl)c(Cl)c2C1=O. The van der Waals surface area contributed by atoms with Gasteiger partial charge in [0.25, 0.3) is 11.8 Å². The van der Waals surface area contributed by atoms with Crippen molar-refractivity contribution < 1.29 is 19.2 Å². The summed E-state index contributed by atoms with van der Waals surface area (Å²) in [7, 11) is 0. The van der Waals surface area contributed by atoms with E-state index in [0.717, 1.165) is 5.56 Å². The Morgan fingerprint density at radius 1 is 0.926 bits per heavy atom. The van der Waals surface area contributed by atoms with Crippen molar-refractivity contribution >= 4 is 64.2 Å². The van der Waals surface area contributed by atoms with E-state index in [0.29, 0.717) is 11.5 Å². The molecule has 0 spiro atoms. The van der Waals surface area contributed by atoms with Crippen LogP contribution in [-0.2, 0) is 16.1 Å². The number of fused-ring (bicyclic) bond motifs is 1. The Morgan fingerprint density at radius 2 is 1.41 bits per heavy atom. The van der Waals surface area contributed by atoms with Crippen molar-refractivity contribution in [3.05, 3.63) is 67.1 Å². The smallest absolute Gasteiger partial charge is 0.329 e. The monoisotopic (exact) mass is 445 g/mol. The lowest BCUT2D eigenvalue weighted by Crippen LogP contribution is -2.35. The van der Waals surface area contributed by atoms with E-state index in [-0.39, 0.29) is 31.2 Å². The zero-order valence-corrected chi connectivity index (χ0v) is 16.8. The van der Waals surface area contributed by atoms with E-state index in [1.165, 1.54) is 0 Å². The summed E-state index contributed by atoms with van der Waals surface area (Å²) in [5.41, 5.74) is 0.420. The van der Waals surface area contributed by atoms with Gasteiger partial charge in [0.05, 0.1) is 37.1 Å². The molecule has 2 aromatic carbocycles. The highest BCUT2D eigenvalue weighted by molar-refractivity contribution is 6.55. The number of carbonyl (C=O) groups is 3. The first-order chi connectivity index (χ1) is 12.7. The summed E-state index contributed by atoms with van der Waals surface area (Å²) in [5.74, 6) is -3.21. The van der Waals surface area contributed by atoms with E-state index < -0.39 is 23.7 Å². The average Bonchev–Trinajstić information content (AvgIpc) is 2.90. The van der Waals surface area contributed by atoms with Gasteiger partial charge >= 0.3 is 5.97 Å². The molecule has 0 N–H and O–H groups in total. The fourth-order valence-electron chi connectivity index (χ4n) is 2.64. The van der Waals surface area contributed by atoms with Gasteiger partial charge in [-0.2, -0.15) is 0 Å². The van der Waals surface area contributed by atoms with Crippen molar-refractivity contribution in [1.29, 1.82) is 0 Å². The average molecular weight is 447 g/mol. The third kappa shape index (κ3) is 3.52. The third-order valence-electron chi connectivity index (χ3n) is 4.03. The predicted octanol–water partition coefficient (Wildman–Crippen LogP) is 5.23. The van der Waals surface area contributed by atoms with Crippen LogP contribution in [0.1, 0.15) is 33.2 Å². The zero-order valence-electron chi connectivity index (χ0n) is 13.8. The zero-order chi connectivity index (χ0) is 19.9. The summed E-state index contributed by atoms with van der Waals surface area (Å²) in [6, 6.07) is 9.25. The molecule has 1 unspecified atom stereocenters. The minimum atomic E-state index is -0.930. The van der Waals surface area contributed by atoms with Crippen molar-refractivity contribution in [2.45, 2.75) is 13.3 Å². The summed E-state index contributed by atoms with van der Waals surface area (Å²) in [5, 5.41) is -0.438. The molecule has 9 heteroatoms. The summed E-state index contributed by atoms with van der Waals surface area (Å²) in [6.45, 7) is 1.63. The molecule has 2 aromatic rings. The molecule has 0 radical (unpaired) electrons. The molecule has 0 bridgehead atoms. The molecule has 1 aliphatic heterocycles. The van der Waals surface area contributed by atoms with E-state index in [1.807, 2.05) is 30.3 Å². The third-order valence-corrected chi connectivity index (χ3v) is 5.83. The maximum absolute atomic E-state index is 12.5. The predicted molar refractivity (Wildman–Crippen MR) is 102 cm³/mol. The Balaban J connectivity index is 1.83. The first-order valence-electron chi connectivity index (χ1n) is 7.74. The Kier molecular flexibility index (Phi) is 5.68. The summed E-state index contributed by atoms with van der Waals surface area (Å²) < 4.78 is 0. The second-order valence-corrected chi connectivity index (χ2v) is 7.42. The Labute approximate surface area is 174 Å². The van der Waals surface area contributed by atoms with Gasteiger partial charge in [0.15, 0.2) is 0 Å². The number of imide groups is 1. The van der Waals surface area contributed by atoms with Crippen LogP contribution in [0.25, 0.3) is 0 Å². The van der Waals surface area contributed by atoms with Crippen LogP contribution >= 0.6 is 46.4 Å². The van der Waals surface area contributed by atoms with Gasteiger partial charge in [0, 0.05) is 0 Å². The molecular formula is C18H11Cl4NO4. The number of amides is 2. The molecule has 1 heterocycles. The molecule has 0 aromatic heterocycles. The molecular weight excluding hydrogens is 436 g/mol. The topological polar surface area (TPSA) is 63.7 Å². The van der Waals surface area contributed by atoms with Gasteiger partial charge in [-0.15, -0.1) is 0 Å². The highest BCUT2D eigenvalue weighted by atomic mass is 35.5. The molecule has 1 aliphatic rings. The lowest BCUT2D eigenvalue weighted by Gasteiger charge is -2.16. The maximum Gasteiger partial charge on any atom is 0.336 e.